The minimum absolute atomic E-state index is 0.176. The number of nitrogens with zero attached hydrogens (tertiary/aromatic N) is 1. The maximum atomic E-state index is 12.5. The van der Waals surface area contributed by atoms with Crippen LogP contribution in [0.1, 0.15) is 66.8 Å². The van der Waals surface area contributed by atoms with Crippen LogP contribution in [-0.4, -0.2) is 15.9 Å². The summed E-state index contributed by atoms with van der Waals surface area (Å²) >= 11 is 0. The first-order valence-corrected chi connectivity index (χ1v) is 9.28. The number of aryl methyl sites for hydroxylation is 3. The van der Waals surface area contributed by atoms with Gasteiger partial charge >= 0.3 is 0 Å². The summed E-state index contributed by atoms with van der Waals surface area (Å²) in [5.41, 5.74) is 10.5. The Morgan fingerprint density at radius 2 is 1.72 bits per heavy atom. The van der Waals surface area contributed by atoms with Crippen LogP contribution in [0.3, 0.4) is 0 Å². The number of carbonyl (C=O) groups excluding carboxylic acids is 1. The number of Topliss-reactive ketones (excluding diaryl/α,β-unsaturated/α-hetero) is 1. The van der Waals surface area contributed by atoms with E-state index in [2.05, 4.69) is 37.3 Å². The summed E-state index contributed by atoms with van der Waals surface area (Å²) in [6, 6.07) is 12.7. The number of ketones is 1. The molecule has 0 atom stereocenters. The number of benzene rings is 1. The van der Waals surface area contributed by atoms with E-state index in [4.69, 9.17) is 5.73 Å². The van der Waals surface area contributed by atoms with Gasteiger partial charge in [0.2, 0.25) is 0 Å². The highest BCUT2D eigenvalue weighted by Crippen LogP contribution is 2.16. The number of aromatic nitrogens is 1. The van der Waals surface area contributed by atoms with Crippen molar-refractivity contribution in [3.63, 3.8) is 0 Å². The molecule has 136 valence electrons. The van der Waals surface area contributed by atoms with E-state index in [1.807, 2.05) is 31.5 Å². The Kier molecular flexibility index (Phi) is 6.60. The van der Waals surface area contributed by atoms with E-state index in [1.54, 1.807) is 0 Å². The van der Waals surface area contributed by atoms with Gasteiger partial charge in [-0.2, -0.15) is 0 Å². The standard InChI is InChI=1S/C22H32N2O/c1-17-9-11-18(12-10-17)7-5-6-8-21(25)20-14-13-19(24(20)4)15-16-22(2,3)23/h9-14H,5-8,15-16,23H2,1-4H3. The first kappa shape index (κ1) is 19.5. The highest BCUT2D eigenvalue weighted by Gasteiger charge is 2.15. The number of unbranched alkanes of at least 4 members (excludes halogenated alkanes) is 1. The van der Waals surface area contributed by atoms with Crippen molar-refractivity contribution in [1.82, 2.24) is 4.57 Å². The van der Waals surface area contributed by atoms with Crippen molar-refractivity contribution in [2.45, 2.75) is 64.8 Å². The second kappa shape index (κ2) is 8.48. The highest BCUT2D eigenvalue weighted by molar-refractivity contribution is 5.94. The van der Waals surface area contributed by atoms with Crippen molar-refractivity contribution in [3.05, 3.63) is 58.9 Å². The van der Waals surface area contributed by atoms with Gasteiger partial charge in [-0.15, -0.1) is 0 Å². The molecule has 2 rings (SSSR count). The predicted molar refractivity (Wildman–Crippen MR) is 105 cm³/mol. The van der Waals surface area contributed by atoms with Gasteiger partial charge in [0.1, 0.15) is 0 Å². The molecule has 2 aromatic rings. The maximum absolute atomic E-state index is 12.5. The zero-order valence-electron chi connectivity index (χ0n) is 16.1. The van der Waals surface area contributed by atoms with Gasteiger partial charge in [0.15, 0.2) is 5.78 Å². The van der Waals surface area contributed by atoms with Crippen molar-refractivity contribution >= 4 is 5.78 Å². The molecule has 0 fully saturated rings. The predicted octanol–water partition coefficient (Wildman–Crippen LogP) is 4.60. The molecule has 2 N–H and O–H groups in total. The molecule has 3 nitrogen and oxygen atoms in total. The summed E-state index contributed by atoms with van der Waals surface area (Å²) in [5.74, 6) is 0.240. The fraction of sp³-hybridized carbons (Fsp3) is 0.500. The second-order valence-electron chi connectivity index (χ2n) is 7.87. The van der Waals surface area contributed by atoms with Crippen molar-refractivity contribution in [1.29, 1.82) is 0 Å². The molecule has 25 heavy (non-hydrogen) atoms. The Labute approximate surface area is 152 Å². The van der Waals surface area contributed by atoms with Crippen LogP contribution in [0, 0.1) is 6.92 Å². The van der Waals surface area contributed by atoms with Crippen LogP contribution in [0.4, 0.5) is 0 Å². The largest absolute Gasteiger partial charge is 0.345 e. The summed E-state index contributed by atoms with van der Waals surface area (Å²) in [6.07, 6.45) is 5.45. The topological polar surface area (TPSA) is 48.0 Å². The average Bonchev–Trinajstić information content (AvgIpc) is 2.91. The van der Waals surface area contributed by atoms with Crippen LogP contribution in [0.25, 0.3) is 0 Å². The molecule has 0 radical (unpaired) electrons. The number of hydrogen-bond acceptors (Lipinski definition) is 2. The van der Waals surface area contributed by atoms with Gasteiger partial charge in [-0.05, 0) is 70.6 Å². The summed E-state index contributed by atoms with van der Waals surface area (Å²) in [4.78, 5) is 12.5. The number of rotatable bonds is 9. The average molecular weight is 341 g/mol. The summed E-state index contributed by atoms with van der Waals surface area (Å²) in [7, 11) is 1.98. The number of hydrogen-bond donors (Lipinski definition) is 1. The zero-order chi connectivity index (χ0) is 18.4. The Hall–Kier alpha value is -1.87. The molecule has 0 spiro atoms. The van der Waals surface area contributed by atoms with Gasteiger partial charge in [0.25, 0.3) is 0 Å². The van der Waals surface area contributed by atoms with Crippen molar-refractivity contribution < 1.29 is 4.79 Å². The van der Waals surface area contributed by atoms with Crippen LogP contribution >= 0.6 is 0 Å². The van der Waals surface area contributed by atoms with Gasteiger partial charge < -0.3 is 10.3 Å². The molecule has 3 heteroatoms. The van der Waals surface area contributed by atoms with E-state index >= 15 is 0 Å². The Morgan fingerprint density at radius 3 is 2.36 bits per heavy atom. The minimum Gasteiger partial charge on any atom is -0.345 e. The first-order valence-electron chi connectivity index (χ1n) is 9.28. The van der Waals surface area contributed by atoms with Crippen LogP contribution in [0.5, 0.6) is 0 Å². The van der Waals surface area contributed by atoms with Gasteiger partial charge in [-0.3, -0.25) is 4.79 Å². The third kappa shape index (κ3) is 6.17. The lowest BCUT2D eigenvalue weighted by Gasteiger charge is -2.18. The molecule has 0 amide bonds. The molecule has 1 aromatic heterocycles. The maximum Gasteiger partial charge on any atom is 0.179 e. The van der Waals surface area contributed by atoms with Crippen molar-refractivity contribution in [3.8, 4) is 0 Å². The highest BCUT2D eigenvalue weighted by atomic mass is 16.1. The summed E-state index contributed by atoms with van der Waals surface area (Å²) in [5, 5.41) is 0. The third-order valence-corrected chi connectivity index (χ3v) is 4.78. The van der Waals surface area contributed by atoms with Crippen molar-refractivity contribution in [2.24, 2.45) is 12.8 Å². The van der Waals surface area contributed by atoms with Gasteiger partial charge in [-0.1, -0.05) is 29.8 Å². The van der Waals surface area contributed by atoms with Crippen LogP contribution in [-0.2, 0) is 19.9 Å². The SMILES string of the molecule is Cc1ccc(CCCCC(=O)c2ccc(CCC(C)(C)N)n2C)cc1. The molecule has 0 unspecified atom stereocenters. The fourth-order valence-electron chi connectivity index (χ4n) is 3.03. The Bertz CT molecular complexity index is 690. The van der Waals surface area contributed by atoms with Gasteiger partial charge in [0.05, 0.1) is 5.69 Å². The van der Waals surface area contributed by atoms with E-state index < -0.39 is 0 Å². The lowest BCUT2D eigenvalue weighted by atomic mass is 9.99. The number of nitrogens with two attached hydrogens (primary N) is 1. The van der Waals surface area contributed by atoms with Crippen LogP contribution in [0.2, 0.25) is 0 Å². The quantitative estimate of drug-likeness (QED) is 0.536. The molecule has 0 saturated carbocycles. The van der Waals surface area contributed by atoms with Gasteiger partial charge in [-0.25, -0.2) is 0 Å². The third-order valence-electron chi connectivity index (χ3n) is 4.78. The van der Waals surface area contributed by atoms with E-state index in [1.165, 1.54) is 16.8 Å². The zero-order valence-corrected chi connectivity index (χ0v) is 16.1. The molecule has 0 bridgehead atoms. The summed E-state index contributed by atoms with van der Waals surface area (Å²) < 4.78 is 2.04. The molecule has 0 saturated heterocycles. The Balaban J connectivity index is 1.80. The van der Waals surface area contributed by atoms with E-state index in [-0.39, 0.29) is 11.3 Å². The van der Waals surface area contributed by atoms with Crippen LogP contribution in [0.15, 0.2) is 36.4 Å². The molecular weight excluding hydrogens is 308 g/mol. The Morgan fingerprint density at radius 1 is 1.04 bits per heavy atom. The summed E-state index contributed by atoms with van der Waals surface area (Å²) in [6.45, 7) is 6.18. The second-order valence-corrected chi connectivity index (χ2v) is 7.87. The van der Waals surface area contributed by atoms with E-state index in [9.17, 15) is 4.79 Å². The number of carbonyl (C=O) groups is 1. The van der Waals surface area contributed by atoms with Crippen LogP contribution < -0.4 is 5.73 Å². The van der Waals surface area contributed by atoms with Gasteiger partial charge in [0, 0.05) is 24.7 Å². The molecular formula is C22H32N2O. The molecule has 0 aliphatic heterocycles. The lowest BCUT2D eigenvalue weighted by molar-refractivity contribution is 0.0971. The first-order chi connectivity index (χ1) is 11.8. The molecule has 0 aliphatic carbocycles. The monoisotopic (exact) mass is 340 g/mol. The fourth-order valence-corrected chi connectivity index (χ4v) is 3.03. The smallest absolute Gasteiger partial charge is 0.179 e. The molecule has 0 aliphatic rings. The normalized spacial score (nSPS) is 11.7. The lowest BCUT2D eigenvalue weighted by Crippen LogP contribution is -2.32. The van der Waals surface area contributed by atoms with Crippen molar-refractivity contribution in [2.75, 3.05) is 0 Å². The molecule has 1 heterocycles. The minimum atomic E-state index is -0.176. The van der Waals surface area contributed by atoms with E-state index in [0.717, 1.165) is 37.8 Å². The molecule has 1 aromatic carbocycles. The van der Waals surface area contributed by atoms with E-state index in [0.29, 0.717) is 6.42 Å².